The first kappa shape index (κ1) is 17.6. The molecule has 0 spiro atoms. The molecule has 27 heavy (non-hydrogen) atoms. The summed E-state index contributed by atoms with van der Waals surface area (Å²) in [4.78, 5) is 29.1. The first-order chi connectivity index (χ1) is 13.2. The molecule has 3 heterocycles. The van der Waals surface area contributed by atoms with E-state index in [-0.39, 0.29) is 24.2 Å². The van der Waals surface area contributed by atoms with Crippen LogP contribution in [0.3, 0.4) is 0 Å². The van der Waals surface area contributed by atoms with Gasteiger partial charge in [0.2, 0.25) is 11.8 Å². The maximum Gasteiger partial charge on any atom is 0.228 e. The molecule has 1 aromatic heterocycles. The van der Waals surface area contributed by atoms with Crippen LogP contribution in [0.1, 0.15) is 30.9 Å². The van der Waals surface area contributed by atoms with E-state index in [2.05, 4.69) is 10.2 Å². The molecule has 1 aromatic carbocycles. The number of aromatic amines is 1. The summed E-state index contributed by atoms with van der Waals surface area (Å²) < 4.78 is 5.37. The van der Waals surface area contributed by atoms with Crippen LogP contribution in [0.25, 0.3) is 0 Å². The van der Waals surface area contributed by atoms with Crippen LogP contribution in [0.15, 0.2) is 36.5 Å². The Kier molecular flexibility index (Phi) is 4.83. The summed E-state index contributed by atoms with van der Waals surface area (Å²) in [5, 5.41) is 7.05. The Morgan fingerprint density at radius 1 is 1.22 bits per heavy atom. The van der Waals surface area contributed by atoms with Crippen molar-refractivity contribution in [1.82, 2.24) is 15.1 Å². The molecule has 2 saturated heterocycles. The summed E-state index contributed by atoms with van der Waals surface area (Å²) in [6, 6.07) is 9.44. The van der Waals surface area contributed by atoms with E-state index in [1.54, 1.807) is 18.2 Å². The number of hydrogen-bond donors (Lipinski definition) is 1. The third kappa shape index (κ3) is 3.41. The zero-order chi connectivity index (χ0) is 18.8. The maximum atomic E-state index is 13.0. The summed E-state index contributed by atoms with van der Waals surface area (Å²) in [7, 11) is 1.59. The fraction of sp³-hybridized carbons (Fsp3) is 0.450. The van der Waals surface area contributed by atoms with Gasteiger partial charge >= 0.3 is 0 Å². The molecule has 7 heteroatoms. The fourth-order valence-corrected chi connectivity index (χ4v) is 4.12. The Balaban J connectivity index is 1.40. The van der Waals surface area contributed by atoms with Gasteiger partial charge in [0, 0.05) is 43.9 Å². The number of nitrogens with zero attached hydrogens (tertiary/aromatic N) is 3. The number of anilines is 1. The van der Waals surface area contributed by atoms with E-state index in [0.717, 1.165) is 37.3 Å². The number of hydrogen-bond acceptors (Lipinski definition) is 4. The molecule has 2 amide bonds. The van der Waals surface area contributed by atoms with Crippen molar-refractivity contribution in [2.45, 2.75) is 25.2 Å². The lowest BCUT2D eigenvalue weighted by atomic mass is 9.93. The maximum absolute atomic E-state index is 13.0. The highest BCUT2D eigenvalue weighted by molar-refractivity contribution is 6.01. The van der Waals surface area contributed by atoms with Gasteiger partial charge in [0.25, 0.3) is 0 Å². The van der Waals surface area contributed by atoms with Gasteiger partial charge in [-0.25, -0.2) is 0 Å². The van der Waals surface area contributed by atoms with Gasteiger partial charge in [0.15, 0.2) is 0 Å². The Morgan fingerprint density at radius 3 is 2.70 bits per heavy atom. The van der Waals surface area contributed by atoms with Crippen LogP contribution in [0.2, 0.25) is 0 Å². The van der Waals surface area contributed by atoms with Crippen molar-refractivity contribution >= 4 is 17.5 Å². The number of H-pyrrole nitrogens is 1. The number of para-hydroxylation sites is 2. The minimum atomic E-state index is -0.286. The van der Waals surface area contributed by atoms with Gasteiger partial charge in [0.05, 0.1) is 18.7 Å². The molecular formula is C20H24N4O3. The third-order valence-electron chi connectivity index (χ3n) is 5.62. The number of aromatic nitrogens is 2. The second-order valence-corrected chi connectivity index (χ2v) is 7.19. The summed E-state index contributed by atoms with van der Waals surface area (Å²) in [5.41, 5.74) is 1.87. The molecule has 142 valence electrons. The highest BCUT2D eigenvalue weighted by Gasteiger charge is 2.39. The van der Waals surface area contributed by atoms with Crippen LogP contribution in [0.4, 0.5) is 5.69 Å². The fourth-order valence-electron chi connectivity index (χ4n) is 4.12. The first-order valence-corrected chi connectivity index (χ1v) is 9.39. The number of carbonyl (C=O) groups is 2. The van der Waals surface area contributed by atoms with Crippen LogP contribution in [-0.2, 0) is 9.59 Å². The van der Waals surface area contributed by atoms with Crippen LogP contribution in [0.5, 0.6) is 5.75 Å². The van der Waals surface area contributed by atoms with Crippen molar-refractivity contribution in [3.8, 4) is 5.75 Å². The predicted octanol–water partition coefficient (Wildman–Crippen LogP) is 2.18. The first-order valence-electron chi connectivity index (χ1n) is 9.39. The molecule has 0 unspecified atom stereocenters. The Hall–Kier alpha value is -2.83. The molecular weight excluding hydrogens is 344 g/mol. The van der Waals surface area contributed by atoms with Gasteiger partial charge in [-0.3, -0.25) is 14.7 Å². The third-order valence-corrected chi connectivity index (χ3v) is 5.62. The normalized spacial score (nSPS) is 20.9. The molecule has 1 atom stereocenters. The molecule has 0 saturated carbocycles. The smallest absolute Gasteiger partial charge is 0.228 e. The van der Waals surface area contributed by atoms with Gasteiger partial charge in [-0.15, -0.1) is 0 Å². The zero-order valence-corrected chi connectivity index (χ0v) is 15.4. The van der Waals surface area contributed by atoms with Gasteiger partial charge in [-0.2, -0.15) is 5.10 Å². The SMILES string of the molecule is COc1ccccc1N1C[C@@H](C(=O)N2CCC(c3ccn[nH]3)CC2)CC1=O. The Labute approximate surface area is 158 Å². The monoisotopic (exact) mass is 368 g/mol. The average molecular weight is 368 g/mol. The van der Waals surface area contributed by atoms with E-state index in [0.29, 0.717) is 18.2 Å². The molecule has 0 aliphatic carbocycles. The Bertz CT molecular complexity index is 812. The lowest BCUT2D eigenvalue weighted by molar-refractivity contribution is -0.136. The number of methoxy groups -OCH3 is 1. The van der Waals surface area contributed by atoms with Gasteiger partial charge in [0.1, 0.15) is 5.75 Å². The van der Waals surface area contributed by atoms with Crippen molar-refractivity contribution in [1.29, 1.82) is 0 Å². The van der Waals surface area contributed by atoms with Gasteiger partial charge in [-0.1, -0.05) is 12.1 Å². The highest BCUT2D eigenvalue weighted by atomic mass is 16.5. The molecule has 7 nitrogen and oxygen atoms in total. The van der Waals surface area contributed by atoms with E-state index in [1.165, 1.54) is 0 Å². The molecule has 2 aliphatic rings. The van der Waals surface area contributed by atoms with Crippen LogP contribution >= 0.6 is 0 Å². The average Bonchev–Trinajstić information content (AvgIpc) is 3.37. The second kappa shape index (κ2) is 7.42. The number of nitrogens with one attached hydrogen (secondary N) is 1. The van der Waals surface area contributed by atoms with E-state index < -0.39 is 0 Å². The van der Waals surface area contributed by atoms with E-state index in [1.807, 2.05) is 35.2 Å². The largest absolute Gasteiger partial charge is 0.495 e. The number of likely N-dealkylation sites (tertiary alicyclic amines) is 1. The molecule has 4 rings (SSSR count). The number of carbonyl (C=O) groups excluding carboxylic acids is 2. The standard InChI is InChI=1S/C20H24N4O3/c1-27-18-5-3-2-4-17(18)24-13-15(12-19(24)25)20(26)23-10-7-14(8-11-23)16-6-9-21-22-16/h2-6,9,14-15H,7-8,10-13H2,1H3,(H,21,22)/t15-/m0/s1. The molecule has 0 radical (unpaired) electrons. The summed E-state index contributed by atoms with van der Waals surface area (Å²) in [6.45, 7) is 1.86. The minimum absolute atomic E-state index is 0.0230. The lowest BCUT2D eigenvalue weighted by Crippen LogP contribution is -2.42. The van der Waals surface area contributed by atoms with Gasteiger partial charge in [-0.05, 0) is 31.0 Å². The molecule has 2 aliphatic heterocycles. The highest BCUT2D eigenvalue weighted by Crippen LogP contribution is 2.34. The van der Waals surface area contributed by atoms with Gasteiger partial charge < -0.3 is 14.5 Å². The Morgan fingerprint density at radius 2 is 2.00 bits per heavy atom. The van der Waals surface area contributed by atoms with E-state index >= 15 is 0 Å². The van der Waals surface area contributed by atoms with Crippen LogP contribution in [-0.4, -0.2) is 53.7 Å². The summed E-state index contributed by atoms with van der Waals surface area (Å²) >= 11 is 0. The second-order valence-electron chi connectivity index (χ2n) is 7.19. The topological polar surface area (TPSA) is 78.5 Å². The molecule has 2 fully saturated rings. The van der Waals surface area contributed by atoms with Crippen LogP contribution in [0, 0.1) is 5.92 Å². The quantitative estimate of drug-likeness (QED) is 0.897. The van der Waals surface area contributed by atoms with Crippen LogP contribution < -0.4 is 9.64 Å². The van der Waals surface area contributed by atoms with Crippen molar-refractivity contribution < 1.29 is 14.3 Å². The van der Waals surface area contributed by atoms with Crippen molar-refractivity contribution in [2.75, 3.05) is 31.6 Å². The molecule has 1 N–H and O–H groups in total. The number of piperidine rings is 1. The molecule has 2 aromatic rings. The minimum Gasteiger partial charge on any atom is -0.495 e. The van der Waals surface area contributed by atoms with Crippen molar-refractivity contribution in [3.63, 3.8) is 0 Å². The molecule has 0 bridgehead atoms. The van der Waals surface area contributed by atoms with Crippen molar-refractivity contribution in [3.05, 3.63) is 42.2 Å². The summed E-state index contributed by atoms with van der Waals surface area (Å²) in [6.07, 6.45) is 3.87. The van der Waals surface area contributed by atoms with E-state index in [9.17, 15) is 9.59 Å². The van der Waals surface area contributed by atoms with E-state index in [4.69, 9.17) is 4.74 Å². The lowest BCUT2D eigenvalue weighted by Gasteiger charge is -2.33. The zero-order valence-electron chi connectivity index (χ0n) is 15.4. The number of rotatable bonds is 4. The number of ether oxygens (including phenoxy) is 1. The predicted molar refractivity (Wildman–Crippen MR) is 101 cm³/mol. The summed E-state index contributed by atoms with van der Waals surface area (Å²) in [5.74, 6) is 0.853. The number of benzene rings is 1. The van der Waals surface area contributed by atoms with Crippen molar-refractivity contribution in [2.24, 2.45) is 5.92 Å². The number of amides is 2.